The summed E-state index contributed by atoms with van der Waals surface area (Å²) in [7, 11) is -1.74. The van der Waals surface area contributed by atoms with Gasteiger partial charge in [-0.05, 0) is 69.3 Å². The summed E-state index contributed by atoms with van der Waals surface area (Å²) in [5.74, 6) is -0.305. The smallest absolute Gasteiger partial charge is 0.264 e. The van der Waals surface area contributed by atoms with E-state index < -0.39 is 10.0 Å². The van der Waals surface area contributed by atoms with Crippen molar-refractivity contribution in [2.24, 2.45) is 0 Å². The van der Waals surface area contributed by atoms with Gasteiger partial charge in [-0.2, -0.15) is 0 Å². The highest BCUT2D eigenvalue weighted by Gasteiger charge is 2.27. The number of nitrogens with zero attached hydrogens (tertiary/aromatic N) is 3. The molecule has 1 fully saturated rings. The lowest BCUT2D eigenvalue weighted by molar-refractivity contribution is -0.119. The Bertz CT molecular complexity index is 1000. The zero-order valence-corrected chi connectivity index (χ0v) is 20.1. The lowest BCUT2D eigenvalue weighted by Crippen LogP contribution is -2.45. The van der Waals surface area contributed by atoms with Gasteiger partial charge in [-0.1, -0.05) is 24.3 Å². The van der Waals surface area contributed by atoms with E-state index in [9.17, 15) is 13.2 Å². The van der Waals surface area contributed by atoms with Crippen molar-refractivity contribution in [3.63, 3.8) is 0 Å². The highest BCUT2D eigenvalue weighted by molar-refractivity contribution is 7.92. The number of nitrogens with one attached hydrogen (secondary N) is 1. The van der Waals surface area contributed by atoms with Crippen LogP contribution in [0.2, 0.25) is 0 Å². The van der Waals surface area contributed by atoms with Crippen molar-refractivity contribution < 1.29 is 13.2 Å². The first-order valence-electron chi connectivity index (χ1n) is 11.1. The molecular formula is C24H34N4O3S. The molecule has 1 N–H and O–H groups in total. The molecule has 0 unspecified atom stereocenters. The molecule has 0 atom stereocenters. The van der Waals surface area contributed by atoms with Gasteiger partial charge in [-0.3, -0.25) is 9.10 Å². The van der Waals surface area contributed by atoms with E-state index in [1.54, 1.807) is 36.4 Å². The molecule has 1 saturated heterocycles. The normalized spacial score (nSPS) is 15.5. The van der Waals surface area contributed by atoms with Crippen molar-refractivity contribution in [1.29, 1.82) is 0 Å². The minimum Gasteiger partial charge on any atom is -0.354 e. The molecule has 2 aromatic carbocycles. The van der Waals surface area contributed by atoms with E-state index in [1.807, 2.05) is 26.0 Å². The molecule has 1 heterocycles. The van der Waals surface area contributed by atoms with E-state index in [1.165, 1.54) is 4.31 Å². The van der Waals surface area contributed by atoms with Gasteiger partial charge < -0.3 is 15.1 Å². The summed E-state index contributed by atoms with van der Waals surface area (Å²) in [4.78, 5) is 17.6. The van der Waals surface area contributed by atoms with Crippen LogP contribution < -0.4 is 9.62 Å². The van der Waals surface area contributed by atoms with Crippen molar-refractivity contribution in [2.45, 2.75) is 25.2 Å². The van der Waals surface area contributed by atoms with Crippen molar-refractivity contribution in [3.05, 3.63) is 59.7 Å². The molecule has 174 valence electrons. The number of sulfonamides is 1. The number of anilines is 1. The van der Waals surface area contributed by atoms with Crippen LogP contribution in [0.1, 0.15) is 17.5 Å². The SMILES string of the molecule is Cc1ccc(N(CC(=O)NCCCN2CCN(C)CC2)S(=O)(=O)c2ccccc2)cc1C. The van der Waals surface area contributed by atoms with Crippen LogP contribution in [0.25, 0.3) is 0 Å². The number of piperazine rings is 1. The second-order valence-electron chi connectivity index (χ2n) is 8.44. The molecule has 0 radical (unpaired) electrons. The standard InChI is InChI=1S/C24H34N4O3S/c1-20-10-11-22(18-21(20)2)28(32(30,31)23-8-5-4-6-9-23)19-24(29)25-12-7-13-27-16-14-26(3)15-17-27/h4-6,8-11,18H,7,12-17,19H2,1-3H3,(H,25,29). The van der Waals surface area contributed by atoms with Crippen LogP contribution in [0.5, 0.6) is 0 Å². The fraction of sp³-hybridized carbons (Fsp3) is 0.458. The predicted octanol–water partition coefficient (Wildman–Crippen LogP) is 2.25. The fourth-order valence-corrected chi connectivity index (χ4v) is 5.14. The third-order valence-electron chi connectivity index (χ3n) is 5.97. The summed E-state index contributed by atoms with van der Waals surface area (Å²) in [6.07, 6.45) is 0.838. The zero-order chi connectivity index (χ0) is 23.1. The van der Waals surface area contributed by atoms with Crippen molar-refractivity contribution >= 4 is 21.6 Å². The van der Waals surface area contributed by atoms with Crippen LogP contribution in [-0.2, 0) is 14.8 Å². The molecule has 7 nitrogen and oxygen atoms in total. The number of hydrogen-bond acceptors (Lipinski definition) is 5. The summed E-state index contributed by atoms with van der Waals surface area (Å²) >= 11 is 0. The third kappa shape index (κ3) is 6.31. The molecule has 32 heavy (non-hydrogen) atoms. The van der Waals surface area contributed by atoms with Crippen LogP contribution in [0.4, 0.5) is 5.69 Å². The minimum atomic E-state index is -3.87. The maximum absolute atomic E-state index is 13.4. The summed E-state index contributed by atoms with van der Waals surface area (Å²) in [6, 6.07) is 13.7. The van der Waals surface area contributed by atoms with Gasteiger partial charge in [-0.15, -0.1) is 0 Å². The van der Waals surface area contributed by atoms with Crippen LogP contribution in [0.3, 0.4) is 0 Å². The van der Waals surface area contributed by atoms with Crippen LogP contribution in [0, 0.1) is 13.8 Å². The summed E-state index contributed by atoms with van der Waals surface area (Å²) in [5.41, 5.74) is 2.53. The number of amides is 1. The first-order chi connectivity index (χ1) is 15.3. The Labute approximate surface area is 192 Å². The van der Waals surface area contributed by atoms with E-state index in [4.69, 9.17) is 0 Å². The van der Waals surface area contributed by atoms with Gasteiger partial charge in [0.1, 0.15) is 6.54 Å². The maximum atomic E-state index is 13.4. The third-order valence-corrected chi connectivity index (χ3v) is 7.75. The van der Waals surface area contributed by atoms with Gasteiger partial charge in [0, 0.05) is 32.7 Å². The monoisotopic (exact) mass is 458 g/mol. The van der Waals surface area contributed by atoms with Gasteiger partial charge in [-0.25, -0.2) is 8.42 Å². The number of rotatable bonds is 9. The molecule has 0 spiro atoms. The molecule has 1 aliphatic rings. The summed E-state index contributed by atoms with van der Waals surface area (Å²) in [5, 5.41) is 2.90. The van der Waals surface area contributed by atoms with E-state index in [-0.39, 0.29) is 17.3 Å². The second-order valence-corrected chi connectivity index (χ2v) is 10.3. The summed E-state index contributed by atoms with van der Waals surface area (Å²) < 4.78 is 27.9. The van der Waals surface area contributed by atoms with E-state index in [2.05, 4.69) is 22.2 Å². The van der Waals surface area contributed by atoms with Gasteiger partial charge >= 0.3 is 0 Å². The van der Waals surface area contributed by atoms with Gasteiger partial charge in [0.15, 0.2) is 0 Å². The number of carbonyl (C=O) groups is 1. The average Bonchev–Trinajstić information content (AvgIpc) is 2.79. The van der Waals surface area contributed by atoms with Crippen LogP contribution >= 0.6 is 0 Å². The molecule has 0 aliphatic carbocycles. The highest BCUT2D eigenvalue weighted by atomic mass is 32.2. The lowest BCUT2D eigenvalue weighted by atomic mass is 10.1. The molecule has 0 bridgehead atoms. The molecular weight excluding hydrogens is 424 g/mol. The van der Waals surface area contributed by atoms with E-state index in [0.29, 0.717) is 12.2 Å². The Kier molecular flexibility index (Phi) is 8.28. The number of hydrogen-bond donors (Lipinski definition) is 1. The molecule has 0 saturated carbocycles. The van der Waals surface area contributed by atoms with Crippen molar-refractivity contribution in [1.82, 2.24) is 15.1 Å². The minimum absolute atomic E-state index is 0.168. The topological polar surface area (TPSA) is 73.0 Å². The molecule has 8 heteroatoms. The first-order valence-corrected chi connectivity index (χ1v) is 12.5. The van der Waals surface area contributed by atoms with Gasteiger partial charge in [0.2, 0.25) is 5.91 Å². The summed E-state index contributed by atoms with van der Waals surface area (Å²) in [6.45, 7) is 9.32. The Balaban J connectivity index is 1.66. The number of likely N-dealkylation sites (N-methyl/N-ethyl adjacent to an activating group) is 1. The Morgan fingerprint density at radius 1 is 1.00 bits per heavy atom. The number of carbonyl (C=O) groups excluding carboxylic acids is 1. The molecule has 0 aromatic heterocycles. The quantitative estimate of drug-likeness (QED) is 0.584. The van der Waals surface area contributed by atoms with Crippen molar-refractivity contribution in [2.75, 3.05) is 57.2 Å². The highest BCUT2D eigenvalue weighted by Crippen LogP contribution is 2.25. The largest absolute Gasteiger partial charge is 0.354 e. The Morgan fingerprint density at radius 2 is 1.69 bits per heavy atom. The van der Waals surface area contributed by atoms with Crippen LogP contribution in [0.15, 0.2) is 53.4 Å². The maximum Gasteiger partial charge on any atom is 0.264 e. The molecule has 1 aliphatic heterocycles. The molecule has 2 aromatic rings. The fourth-order valence-electron chi connectivity index (χ4n) is 3.70. The number of aryl methyl sites for hydroxylation is 2. The molecule has 3 rings (SSSR count). The van der Waals surface area contributed by atoms with Crippen LogP contribution in [-0.4, -0.2) is 77.0 Å². The first kappa shape index (κ1) is 24.2. The predicted molar refractivity (Wildman–Crippen MR) is 128 cm³/mol. The Morgan fingerprint density at radius 3 is 2.34 bits per heavy atom. The molecule has 1 amide bonds. The Hall–Kier alpha value is -2.42. The number of benzene rings is 2. The van der Waals surface area contributed by atoms with Crippen molar-refractivity contribution in [3.8, 4) is 0 Å². The van der Waals surface area contributed by atoms with Gasteiger partial charge in [0.25, 0.3) is 10.0 Å². The van der Waals surface area contributed by atoms with E-state index in [0.717, 1.165) is 50.3 Å². The van der Waals surface area contributed by atoms with Gasteiger partial charge in [0.05, 0.1) is 10.6 Å². The average molecular weight is 459 g/mol. The second kappa shape index (κ2) is 10.9. The van der Waals surface area contributed by atoms with E-state index >= 15 is 0 Å². The lowest BCUT2D eigenvalue weighted by Gasteiger charge is -2.32. The zero-order valence-electron chi connectivity index (χ0n) is 19.3.